The molecule has 2 rings (SSSR count). The zero-order valence-electron chi connectivity index (χ0n) is 11.0. The predicted molar refractivity (Wildman–Crippen MR) is 74.7 cm³/mol. The molecule has 1 heterocycles. The molecule has 1 aromatic carbocycles. The van der Waals surface area contributed by atoms with Crippen LogP contribution in [0.1, 0.15) is 31.2 Å². The standard InChI is InChI=1S/C13H20N4O2/c14-15-12-6-5-11(9-13(12)17(18)19)10-16-7-3-1-2-4-8-16/h5-6,9,15H,1-4,7-8,10,14H2. The third-order valence-electron chi connectivity index (χ3n) is 3.52. The lowest BCUT2D eigenvalue weighted by Crippen LogP contribution is -2.24. The maximum Gasteiger partial charge on any atom is 0.293 e. The normalized spacial score (nSPS) is 16.9. The SMILES string of the molecule is NNc1ccc(CN2CCCCCC2)cc1[N+](=O)[O-]. The topological polar surface area (TPSA) is 84.4 Å². The molecule has 1 saturated heterocycles. The fourth-order valence-electron chi connectivity index (χ4n) is 2.50. The first-order valence-electron chi connectivity index (χ1n) is 6.67. The minimum absolute atomic E-state index is 0.0369. The summed E-state index contributed by atoms with van der Waals surface area (Å²) in [5.41, 5.74) is 3.72. The van der Waals surface area contributed by atoms with Crippen molar-refractivity contribution in [3.8, 4) is 0 Å². The summed E-state index contributed by atoms with van der Waals surface area (Å²) in [6, 6.07) is 5.18. The Hall–Kier alpha value is -1.66. The highest BCUT2D eigenvalue weighted by Crippen LogP contribution is 2.25. The molecule has 0 aliphatic carbocycles. The molecule has 104 valence electrons. The smallest absolute Gasteiger partial charge is 0.293 e. The predicted octanol–water partition coefficient (Wildman–Crippen LogP) is 2.26. The third kappa shape index (κ3) is 3.65. The van der Waals surface area contributed by atoms with Gasteiger partial charge < -0.3 is 5.43 Å². The van der Waals surface area contributed by atoms with Crippen LogP contribution in [0.5, 0.6) is 0 Å². The number of nitrogens with zero attached hydrogens (tertiary/aromatic N) is 2. The second-order valence-corrected chi connectivity index (χ2v) is 4.94. The van der Waals surface area contributed by atoms with E-state index in [0.29, 0.717) is 5.69 Å². The number of hydrogen-bond acceptors (Lipinski definition) is 5. The van der Waals surface area contributed by atoms with E-state index in [9.17, 15) is 10.1 Å². The number of nitro benzene ring substituents is 1. The number of nitrogens with one attached hydrogen (secondary N) is 1. The van der Waals surface area contributed by atoms with Gasteiger partial charge in [-0.25, -0.2) is 0 Å². The highest BCUT2D eigenvalue weighted by molar-refractivity contribution is 5.61. The molecule has 0 saturated carbocycles. The van der Waals surface area contributed by atoms with Crippen molar-refractivity contribution in [3.05, 3.63) is 33.9 Å². The molecule has 0 bridgehead atoms. The lowest BCUT2D eigenvalue weighted by molar-refractivity contribution is -0.384. The molecule has 1 aliphatic rings. The first kappa shape index (κ1) is 13.8. The van der Waals surface area contributed by atoms with Crippen LogP contribution in [-0.2, 0) is 6.54 Å². The Morgan fingerprint density at radius 2 is 1.95 bits per heavy atom. The lowest BCUT2D eigenvalue weighted by Gasteiger charge is -2.19. The van der Waals surface area contributed by atoms with E-state index in [1.54, 1.807) is 12.1 Å². The molecule has 0 unspecified atom stereocenters. The maximum atomic E-state index is 11.0. The Bertz CT molecular complexity index is 442. The van der Waals surface area contributed by atoms with Crippen molar-refractivity contribution in [1.82, 2.24) is 4.90 Å². The summed E-state index contributed by atoms with van der Waals surface area (Å²) in [6.07, 6.45) is 4.99. The van der Waals surface area contributed by atoms with Crippen LogP contribution < -0.4 is 11.3 Å². The first-order valence-corrected chi connectivity index (χ1v) is 6.67. The molecule has 6 nitrogen and oxygen atoms in total. The Morgan fingerprint density at radius 3 is 2.53 bits per heavy atom. The van der Waals surface area contributed by atoms with Crippen molar-refractivity contribution in [1.29, 1.82) is 0 Å². The molecule has 6 heteroatoms. The van der Waals surface area contributed by atoms with Crippen LogP contribution in [0.4, 0.5) is 11.4 Å². The summed E-state index contributed by atoms with van der Waals surface area (Å²) in [7, 11) is 0. The third-order valence-corrected chi connectivity index (χ3v) is 3.52. The highest BCUT2D eigenvalue weighted by Gasteiger charge is 2.15. The minimum Gasteiger partial charge on any atom is -0.318 e. The number of likely N-dealkylation sites (tertiary alicyclic amines) is 1. The van der Waals surface area contributed by atoms with Gasteiger partial charge in [0.15, 0.2) is 0 Å². The average Bonchev–Trinajstić information content (AvgIpc) is 2.67. The fraction of sp³-hybridized carbons (Fsp3) is 0.538. The number of anilines is 1. The van der Waals surface area contributed by atoms with Gasteiger partial charge in [-0.05, 0) is 37.6 Å². The van der Waals surface area contributed by atoms with Crippen LogP contribution in [0.3, 0.4) is 0 Å². The van der Waals surface area contributed by atoms with Gasteiger partial charge in [0, 0.05) is 12.6 Å². The fourth-order valence-corrected chi connectivity index (χ4v) is 2.50. The molecule has 1 aliphatic heterocycles. The molecule has 0 spiro atoms. The highest BCUT2D eigenvalue weighted by atomic mass is 16.6. The molecule has 19 heavy (non-hydrogen) atoms. The van der Waals surface area contributed by atoms with E-state index in [0.717, 1.165) is 25.2 Å². The van der Waals surface area contributed by atoms with Crippen molar-refractivity contribution in [2.24, 2.45) is 5.84 Å². The Morgan fingerprint density at radius 1 is 1.26 bits per heavy atom. The zero-order chi connectivity index (χ0) is 13.7. The van der Waals surface area contributed by atoms with E-state index in [1.165, 1.54) is 25.7 Å². The van der Waals surface area contributed by atoms with Crippen LogP contribution in [0.2, 0.25) is 0 Å². The number of hydrazine groups is 1. The Balaban J connectivity index is 2.11. The quantitative estimate of drug-likeness (QED) is 0.495. The van der Waals surface area contributed by atoms with E-state index < -0.39 is 4.92 Å². The van der Waals surface area contributed by atoms with E-state index in [-0.39, 0.29) is 5.69 Å². The minimum atomic E-state index is -0.402. The van der Waals surface area contributed by atoms with Gasteiger partial charge in [0.25, 0.3) is 5.69 Å². The Labute approximate surface area is 112 Å². The number of benzene rings is 1. The summed E-state index contributed by atoms with van der Waals surface area (Å²) in [6.45, 7) is 2.92. The van der Waals surface area contributed by atoms with Crippen LogP contribution in [0.15, 0.2) is 18.2 Å². The molecule has 1 fully saturated rings. The van der Waals surface area contributed by atoms with Gasteiger partial charge in [-0.2, -0.15) is 0 Å². The van der Waals surface area contributed by atoms with Gasteiger partial charge in [-0.1, -0.05) is 18.9 Å². The molecular formula is C13H20N4O2. The van der Waals surface area contributed by atoms with Gasteiger partial charge in [-0.3, -0.25) is 20.9 Å². The monoisotopic (exact) mass is 264 g/mol. The number of rotatable bonds is 4. The van der Waals surface area contributed by atoms with Crippen LogP contribution in [0, 0.1) is 10.1 Å². The van der Waals surface area contributed by atoms with E-state index in [4.69, 9.17) is 5.84 Å². The summed E-state index contributed by atoms with van der Waals surface area (Å²) in [4.78, 5) is 12.9. The van der Waals surface area contributed by atoms with Gasteiger partial charge >= 0.3 is 0 Å². The van der Waals surface area contributed by atoms with Gasteiger partial charge in [0.2, 0.25) is 0 Å². The van der Waals surface area contributed by atoms with E-state index in [1.807, 2.05) is 6.07 Å². The summed E-state index contributed by atoms with van der Waals surface area (Å²) >= 11 is 0. The van der Waals surface area contributed by atoms with Crippen LogP contribution >= 0.6 is 0 Å². The maximum absolute atomic E-state index is 11.0. The summed E-state index contributed by atoms with van der Waals surface area (Å²) in [5, 5.41) is 11.0. The van der Waals surface area contributed by atoms with Crippen molar-refractivity contribution in [3.63, 3.8) is 0 Å². The molecular weight excluding hydrogens is 244 g/mol. The Kier molecular flexibility index (Phi) is 4.70. The van der Waals surface area contributed by atoms with E-state index >= 15 is 0 Å². The summed E-state index contributed by atoms with van der Waals surface area (Å²) < 4.78 is 0. The molecule has 3 N–H and O–H groups in total. The number of hydrogen-bond donors (Lipinski definition) is 2. The average molecular weight is 264 g/mol. The number of nitro groups is 1. The second-order valence-electron chi connectivity index (χ2n) is 4.94. The van der Waals surface area contributed by atoms with Gasteiger partial charge in [0.05, 0.1) is 4.92 Å². The molecule has 0 amide bonds. The van der Waals surface area contributed by atoms with Crippen LogP contribution in [0.25, 0.3) is 0 Å². The zero-order valence-corrected chi connectivity index (χ0v) is 11.0. The van der Waals surface area contributed by atoms with Gasteiger partial charge in [0.1, 0.15) is 5.69 Å². The number of nitrogen functional groups attached to an aromatic ring is 1. The molecule has 0 atom stereocenters. The van der Waals surface area contributed by atoms with E-state index in [2.05, 4.69) is 10.3 Å². The molecule has 1 aromatic rings. The number of nitrogens with two attached hydrogens (primary N) is 1. The van der Waals surface area contributed by atoms with Crippen molar-refractivity contribution in [2.45, 2.75) is 32.2 Å². The second kappa shape index (κ2) is 6.49. The molecule has 0 radical (unpaired) electrons. The van der Waals surface area contributed by atoms with Crippen LogP contribution in [-0.4, -0.2) is 22.9 Å². The first-order chi connectivity index (χ1) is 9.20. The van der Waals surface area contributed by atoms with Crippen molar-refractivity contribution < 1.29 is 4.92 Å². The summed E-state index contributed by atoms with van der Waals surface area (Å²) in [5.74, 6) is 5.28. The van der Waals surface area contributed by atoms with Gasteiger partial charge in [-0.15, -0.1) is 0 Å². The van der Waals surface area contributed by atoms with Crippen molar-refractivity contribution in [2.75, 3.05) is 18.5 Å². The largest absolute Gasteiger partial charge is 0.318 e. The molecule has 0 aromatic heterocycles. The lowest BCUT2D eigenvalue weighted by atomic mass is 10.1. The van der Waals surface area contributed by atoms with Crippen molar-refractivity contribution >= 4 is 11.4 Å².